The molecule has 2 saturated heterocycles. The topological polar surface area (TPSA) is 124 Å². The average Bonchev–Trinajstić information content (AvgIpc) is 3.42. The third-order valence-electron chi connectivity index (χ3n) is 6.41. The minimum Gasteiger partial charge on any atom is -0.377 e. The Hall–Kier alpha value is -1.63. The van der Waals surface area contributed by atoms with Crippen LogP contribution in [0.5, 0.6) is 0 Å². The Bertz CT molecular complexity index is 1030. The minimum absolute atomic E-state index is 0. The van der Waals surface area contributed by atoms with Crippen molar-refractivity contribution >= 4 is 64.7 Å². The lowest BCUT2D eigenvalue weighted by molar-refractivity contribution is 0.0538. The van der Waals surface area contributed by atoms with Crippen LogP contribution in [-0.4, -0.2) is 78.2 Å². The highest BCUT2D eigenvalue weighted by molar-refractivity contribution is 7.17. The number of rotatable bonds is 7. The van der Waals surface area contributed by atoms with E-state index in [1.165, 1.54) is 11.3 Å². The van der Waals surface area contributed by atoms with Gasteiger partial charge in [0.15, 0.2) is 16.1 Å². The summed E-state index contributed by atoms with van der Waals surface area (Å²) in [6.45, 7) is 6.91. The number of nitrogens with zero attached hydrogens (tertiary/aromatic N) is 3. The number of anilines is 1. The second-order valence-electron chi connectivity index (χ2n) is 8.71. The number of imidazole rings is 1. The molecule has 2 amide bonds. The van der Waals surface area contributed by atoms with Gasteiger partial charge in [-0.1, -0.05) is 29.9 Å². The smallest absolute Gasteiger partial charge is 0.287 e. The van der Waals surface area contributed by atoms with E-state index in [9.17, 15) is 9.59 Å². The summed E-state index contributed by atoms with van der Waals surface area (Å²) < 4.78 is 5.71. The summed E-state index contributed by atoms with van der Waals surface area (Å²) in [5.41, 5.74) is 1.47. The van der Waals surface area contributed by atoms with Crippen LogP contribution < -0.4 is 20.9 Å². The van der Waals surface area contributed by atoms with Gasteiger partial charge in [-0.3, -0.25) is 9.59 Å². The van der Waals surface area contributed by atoms with Crippen LogP contribution in [0.3, 0.4) is 0 Å². The fraction of sp³-hybridized carbons (Fsp3) is 0.636. The number of ether oxygens (including phenoxy) is 1. The summed E-state index contributed by atoms with van der Waals surface area (Å²) in [7, 11) is 1.64. The van der Waals surface area contributed by atoms with Crippen LogP contribution in [-0.2, 0) is 11.2 Å². The lowest BCUT2D eigenvalue weighted by Gasteiger charge is -2.37. The quantitative estimate of drug-likeness (QED) is 0.396. The van der Waals surface area contributed by atoms with Crippen molar-refractivity contribution in [2.45, 2.75) is 57.7 Å². The summed E-state index contributed by atoms with van der Waals surface area (Å²) in [6.07, 6.45) is 2.99. The highest BCUT2D eigenvalue weighted by Gasteiger charge is 2.33. The summed E-state index contributed by atoms with van der Waals surface area (Å²) in [5.74, 6) is -0.148. The number of hydrogen-bond donors (Lipinski definition) is 4. The lowest BCUT2D eigenvalue weighted by atomic mass is 10.0. The molecule has 2 aliphatic rings. The Labute approximate surface area is 232 Å². The maximum absolute atomic E-state index is 12.8. The number of aromatic nitrogens is 3. The van der Waals surface area contributed by atoms with E-state index in [4.69, 9.17) is 16.3 Å². The van der Waals surface area contributed by atoms with Crippen LogP contribution in [0.2, 0.25) is 5.15 Å². The third-order valence-corrected chi connectivity index (χ3v) is 7.94. The number of carbonyl (C=O) groups is 2. The average molecular weight is 583 g/mol. The number of thiazole rings is 1. The first-order valence-electron chi connectivity index (χ1n) is 11.7. The fourth-order valence-corrected chi connectivity index (χ4v) is 5.68. The number of H-pyrrole nitrogens is 1. The molecule has 0 bridgehead atoms. The molecule has 2 aromatic rings. The molecule has 14 heteroatoms. The maximum atomic E-state index is 12.8. The van der Waals surface area contributed by atoms with Gasteiger partial charge in [0.1, 0.15) is 4.88 Å². The highest BCUT2D eigenvalue weighted by Crippen LogP contribution is 2.29. The molecule has 0 aromatic carbocycles. The predicted molar refractivity (Wildman–Crippen MR) is 147 cm³/mol. The molecule has 4 rings (SSSR count). The van der Waals surface area contributed by atoms with E-state index in [0.717, 1.165) is 42.5 Å². The van der Waals surface area contributed by atoms with Gasteiger partial charge in [-0.15, -0.1) is 24.8 Å². The number of amides is 2. The van der Waals surface area contributed by atoms with Gasteiger partial charge in [0, 0.05) is 26.2 Å². The van der Waals surface area contributed by atoms with Crippen molar-refractivity contribution in [1.82, 2.24) is 30.9 Å². The molecule has 0 radical (unpaired) electrons. The Morgan fingerprint density at radius 1 is 1.17 bits per heavy atom. The predicted octanol–water partition coefficient (Wildman–Crippen LogP) is 2.74. The second-order valence-corrected chi connectivity index (χ2v) is 10.0. The minimum atomic E-state index is -0.302. The zero-order chi connectivity index (χ0) is 24.2. The van der Waals surface area contributed by atoms with Gasteiger partial charge in [0.25, 0.3) is 11.8 Å². The number of aryl methyl sites for hydroxylation is 2. The molecule has 0 saturated carbocycles. The van der Waals surface area contributed by atoms with Crippen LogP contribution in [0.4, 0.5) is 5.13 Å². The normalized spacial score (nSPS) is 20.3. The molecule has 2 aliphatic heterocycles. The summed E-state index contributed by atoms with van der Waals surface area (Å²) >= 11 is 7.48. The molecule has 2 fully saturated rings. The van der Waals surface area contributed by atoms with Gasteiger partial charge in [-0.2, -0.15) is 0 Å². The van der Waals surface area contributed by atoms with Gasteiger partial charge in [-0.25, -0.2) is 9.97 Å². The van der Waals surface area contributed by atoms with E-state index in [1.54, 1.807) is 7.11 Å². The maximum Gasteiger partial charge on any atom is 0.287 e. The Kier molecular flexibility index (Phi) is 11.7. The summed E-state index contributed by atoms with van der Waals surface area (Å²) in [5, 5.41) is 10.6. The van der Waals surface area contributed by atoms with Crippen molar-refractivity contribution in [3.63, 3.8) is 0 Å². The van der Waals surface area contributed by atoms with E-state index >= 15 is 0 Å². The lowest BCUT2D eigenvalue weighted by Crippen LogP contribution is -2.55. The summed E-state index contributed by atoms with van der Waals surface area (Å²) in [4.78, 5) is 40.1. The molecule has 4 heterocycles. The number of halogens is 3. The molecule has 2 aromatic heterocycles. The van der Waals surface area contributed by atoms with Gasteiger partial charge in [0.05, 0.1) is 23.5 Å². The van der Waals surface area contributed by atoms with Gasteiger partial charge in [0.2, 0.25) is 0 Å². The molecule has 202 valence electrons. The zero-order valence-corrected chi connectivity index (χ0v) is 23.8. The van der Waals surface area contributed by atoms with Crippen molar-refractivity contribution in [2.75, 3.05) is 38.2 Å². The molecule has 2 unspecified atom stereocenters. The number of aromatic amines is 1. The number of nitrogens with one attached hydrogen (secondary N) is 4. The summed E-state index contributed by atoms with van der Waals surface area (Å²) in [6, 6.07) is 0.0276. The van der Waals surface area contributed by atoms with Crippen molar-refractivity contribution in [2.24, 2.45) is 0 Å². The largest absolute Gasteiger partial charge is 0.377 e. The van der Waals surface area contributed by atoms with Crippen molar-refractivity contribution in [1.29, 1.82) is 0 Å². The Morgan fingerprint density at radius 2 is 1.89 bits per heavy atom. The number of hydrogen-bond acceptors (Lipinski definition) is 8. The van der Waals surface area contributed by atoms with E-state index in [-0.39, 0.29) is 60.6 Å². The second kappa shape index (κ2) is 13.8. The van der Waals surface area contributed by atoms with Crippen LogP contribution in [0, 0.1) is 6.92 Å². The zero-order valence-electron chi connectivity index (χ0n) is 20.6. The molecule has 2 atom stereocenters. The number of carbonyl (C=O) groups excluding carboxylic acids is 2. The van der Waals surface area contributed by atoms with Gasteiger partial charge in [-0.05, 0) is 45.7 Å². The molecule has 0 aliphatic carbocycles. The van der Waals surface area contributed by atoms with Gasteiger partial charge >= 0.3 is 0 Å². The van der Waals surface area contributed by atoms with Crippen LogP contribution in [0.25, 0.3) is 0 Å². The first kappa shape index (κ1) is 30.6. The number of methoxy groups -OCH3 is 1. The van der Waals surface area contributed by atoms with E-state index < -0.39 is 0 Å². The fourth-order valence-electron chi connectivity index (χ4n) is 4.41. The van der Waals surface area contributed by atoms with E-state index in [2.05, 4.69) is 35.8 Å². The van der Waals surface area contributed by atoms with Crippen LogP contribution in [0.1, 0.15) is 57.9 Å². The highest BCUT2D eigenvalue weighted by atomic mass is 35.5. The first-order chi connectivity index (χ1) is 16.4. The van der Waals surface area contributed by atoms with Crippen molar-refractivity contribution in [3.8, 4) is 0 Å². The Morgan fingerprint density at radius 3 is 2.53 bits per heavy atom. The monoisotopic (exact) mass is 581 g/mol. The molecular weight excluding hydrogens is 549 g/mol. The molecule has 10 nitrogen and oxygen atoms in total. The van der Waals surface area contributed by atoms with Crippen LogP contribution >= 0.6 is 47.8 Å². The molecule has 4 N–H and O–H groups in total. The van der Waals surface area contributed by atoms with Crippen molar-refractivity contribution in [3.05, 3.63) is 27.2 Å². The van der Waals surface area contributed by atoms with E-state index in [1.807, 2.05) is 13.8 Å². The Balaban J connectivity index is 0.00000228. The van der Waals surface area contributed by atoms with Crippen LogP contribution in [0.15, 0.2) is 0 Å². The van der Waals surface area contributed by atoms with Gasteiger partial charge < -0.3 is 30.6 Å². The third kappa shape index (κ3) is 7.02. The molecule has 0 spiro atoms. The first-order valence-corrected chi connectivity index (χ1v) is 12.9. The SMILES string of the molecule is CCc1[nH]c(C(=O)NC2CCN(c3nc(C)c(C(=O)NC4CCNCC4)s3)CC2OC)nc1Cl.Cl.Cl. The van der Waals surface area contributed by atoms with E-state index in [0.29, 0.717) is 36.0 Å². The van der Waals surface area contributed by atoms with Crippen molar-refractivity contribution < 1.29 is 14.3 Å². The molecular formula is C22H34Cl3N7O3S. The standard InChI is InChI=1S/C22H32ClN7O3S.2ClH/c1-4-14-18(23)29-19(27-14)21(32)28-15-7-10-30(11-16(15)33-3)22-25-12(2)17(34-22)20(31)26-13-5-8-24-9-6-13;;/h13,15-16,24H,4-11H2,1-3H3,(H,26,31)(H,27,29)(H,28,32);2*1H. The molecule has 36 heavy (non-hydrogen) atoms. The number of piperidine rings is 2.